The van der Waals surface area contributed by atoms with Gasteiger partial charge in [-0.3, -0.25) is 0 Å². The van der Waals surface area contributed by atoms with Gasteiger partial charge < -0.3 is 9.64 Å². The summed E-state index contributed by atoms with van der Waals surface area (Å²) in [6.45, 7) is 0.765. The van der Waals surface area contributed by atoms with E-state index >= 15 is 0 Å². The Morgan fingerprint density at radius 1 is 0.943 bits per heavy atom. The fourth-order valence-corrected chi connectivity index (χ4v) is 4.86. The summed E-state index contributed by atoms with van der Waals surface area (Å²) in [5, 5.41) is 8.48. The number of methoxy groups -OCH3 is 1. The normalized spacial score (nSPS) is 15.7. The summed E-state index contributed by atoms with van der Waals surface area (Å²) in [7, 11) is 1.68. The average molecular weight is 467 g/mol. The number of hydrogen-bond acceptors (Lipinski definition) is 4. The summed E-state index contributed by atoms with van der Waals surface area (Å²) in [6.07, 6.45) is 6.88. The van der Waals surface area contributed by atoms with E-state index in [0.29, 0.717) is 5.69 Å². The Balaban J connectivity index is 1.29. The highest BCUT2D eigenvalue weighted by Crippen LogP contribution is 2.31. The van der Waals surface area contributed by atoms with Crippen molar-refractivity contribution in [2.75, 3.05) is 13.7 Å². The lowest BCUT2D eigenvalue weighted by atomic mass is 9.96. The van der Waals surface area contributed by atoms with E-state index in [1.165, 1.54) is 10.2 Å². The molecule has 1 unspecified atom stereocenters. The predicted molar refractivity (Wildman–Crippen MR) is 137 cm³/mol. The van der Waals surface area contributed by atoms with Crippen LogP contribution < -0.4 is 4.74 Å². The van der Waals surface area contributed by atoms with Gasteiger partial charge in [0.05, 0.1) is 13.3 Å². The van der Waals surface area contributed by atoms with Gasteiger partial charge in [-0.1, -0.05) is 78.0 Å². The van der Waals surface area contributed by atoms with Crippen LogP contribution in [-0.4, -0.2) is 45.6 Å². The van der Waals surface area contributed by atoms with Crippen molar-refractivity contribution >= 4 is 6.03 Å². The van der Waals surface area contributed by atoms with Crippen molar-refractivity contribution in [3.05, 3.63) is 90.6 Å². The number of ether oxygens (including phenoxy) is 1. The summed E-state index contributed by atoms with van der Waals surface area (Å²) in [4.78, 5) is 15.3. The van der Waals surface area contributed by atoms with E-state index in [2.05, 4.69) is 34.6 Å². The number of carbonyl (C=O) groups is 1. The van der Waals surface area contributed by atoms with Crippen molar-refractivity contribution in [3.8, 4) is 28.1 Å². The molecular formula is C29H30N4O2. The number of aryl methyl sites for hydroxylation is 1. The molecule has 1 aliphatic rings. The average Bonchev–Trinajstić information content (AvgIpc) is 3.43. The molecule has 1 aromatic heterocycles. The number of piperidine rings is 1. The molecular weight excluding hydrogens is 436 g/mol. The lowest BCUT2D eigenvalue weighted by Crippen LogP contribution is -2.46. The molecule has 0 aliphatic carbocycles. The molecule has 4 aromatic rings. The first-order valence-electron chi connectivity index (χ1n) is 12.2. The van der Waals surface area contributed by atoms with Gasteiger partial charge in [-0.05, 0) is 49.3 Å². The fourth-order valence-electron chi connectivity index (χ4n) is 4.86. The standard InChI is InChI=1S/C29H30N4O2/c1-35-28-13-6-5-12-26(28)23-15-17-24(18-16-23)27-21-33(31-30-27)29(34)32-20-8-7-11-25(32)19-14-22-9-3-2-4-10-22/h2-6,9-10,12-13,15-18,21,25H,7-8,11,14,19-20H2,1H3. The third kappa shape index (κ3) is 5.11. The van der Waals surface area contributed by atoms with Crippen molar-refractivity contribution in [1.29, 1.82) is 0 Å². The van der Waals surface area contributed by atoms with E-state index in [0.717, 1.165) is 61.1 Å². The third-order valence-corrected chi connectivity index (χ3v) is 6.77. The lowest BCUT2D eigenvalue weighted by Gasteiger charge is -2.35. The Morgan fingerprint density at radius 3 is 2.49 bits per heavy atom. The lowest BCUT2D eigenvalue weighted by molar-refractivity contribution is 0.145. The van der Waals surface area contributed by atoms with E-state index < -0.39 is 0 Å². The van der Waals surface area contributed by atoms with Crippen LogP contribution in [0.3, 0.4) is 0 Å². The first-order valence-corrected chi connectivity index (χ1v) is 12.2. The maximum absolute atomic E-state index is 13.3. The summed E-state index contributed by atoms with van der Waals surface area (Å²) in [6, 6.07) is 26.6. The molecule has 6 nitrogen and oxygen atoms in total. The van der Waals surface area contributed by atoms with E-state index in [-0.39, 0.29) is 12.1 Å². The Kier molecular flexibility index (Phi) is 6.89. The molecule has 0 spiro atoms. The van der Waals surface area contributed by atoms with Gasteiger partial charge in [0.25, 0.3) is 0 Å². The van der Waals surface area contributed by atoms with E-state index in [1.54, 1.807) is 13.3 Å². The van der Waals surface area contributed by atoms with Gasteiger partial charge in [-0.2, -0.15) is 4.68 Å². The summed E-state index contributed by atoms with van der Waals surface area (Å²) in [5.41, 5.74) is 5.01. The zero-order valence-electron chi connectivity index (χ0n) is 20.0. The van der Waals surface area contributed by atoms with Crippen LogP contribution in [0.25, 0.3) is 22.4 Å². The minimum absolute atomic E-state index is 0.0906. The highest BCUT2D eigenvalue weighted by atomic mass is 16.5. The smallest absolute Gasteiger partial charge is 0.346 e. The molecule has 178 valence electrons. The van der Waals surface area contributed by atoms with Crippen LogP contribution in [0.2, 0.25) is 0 Å². The van der Waals surface area contributed by atoms with Crippen LogP contribution in [0.5, 0.6) is 5.75 Å². The monoisotopic (exact) mass is 466 g/mol. The Labute approximate surface area is 206 Å². The number of benzene rings is 3. The second-order valence-electron chi connectivity index (χ2n) is 8.98. The number of amides is 1. The fraction of sp³-hybridized carbons (Fsp3) is 0.276. The number of aromatic nitrogens is 3. The SMILES string of the molecule is COc1ccccc1-c1ccc(-c2cn(C(=O)N3CCCCC3CCc3ccccc3)nn2)cc1. The first kappa shape index (κ1) is 22.8. The summed E-state index contributed by atoms with van der Waals surface area (Å²) >= 11 is 0. The quantitative estimate of drug-likeness (QED) is 0.346. The number of para-hydroxylation sites is 1. The first-order chi connectivity index (χ1) is 17.2. The van der Waals surface area contributed by atoms with E-state index in [4.69, 9.17) is 4.74 Å². The number of rotatable bonds is 6. The molecule has 0 saturated carbocycles. The maximum Gasteiger partial charge on any atom is 0.346 e. The Bertz CT molecular complexity index is 1270. The predicted octanol–water partition coefficient (Wildman–Crippen LogP) is 6.08. The number of likely N-dealkylation sites (tertiary alicyclic amines) is 1. The van der Waals surface area contributed by atoms with Gasteiger partial charge in [-0.25, -0.2) is 4.79 Å². The molecule has 1 aliphatic heterocycles. The van der Waals surface area contributed by atoms with Gasteiger partial charge in [0.1, 0.15) is 11.4 Å². The molecule has 0 bridgehead atoms. The molecule has 0 radical (unpaired) electrons. The largest absolute Gasteiger partial charge is 0.496 e. The Hall–Kier alpha value is -3.93. The van der Waals surface area contributed by atoms with Crippen molar-refractivity contribution in [1.82, 2.24) is 19.9 Å². The van der Waals surface area contributed by atoms with Crippen LogP contribution in [-0.2, 0) is 6.42 Å². The van der Waals surface area contributed by atoms with Gasteiger partial charge in [0, 0.05) is 23.7 Å². The van der Waals surface area contributed by atoms with Gasteiger partial charge in [-0.15, -0.1) is 5.10 Å². The Morgan fingerprint density at radius 2 is 1.69 bits per heavy atom. The highest BCUT2D eigenvalue weighted by molar-refractivity contribution is 5.78. The molecule has 3 aromatic carbocycles. The molecule has 0 N–H and O–H groups in total. The van der Waals surface area contributed by atoms with E-state index in [9.17, 15) is 4.79 Å². The van der Waals surface area contributed by atoms with Crippen molar-refractivity contribution in [2.24, 2.45) is 0 Å². The van der Waals surface area contributed by atoms with Gasteiger partial charge in [0.15, 0.2) is 0 Å². The molecule has 1 saturated heterocycles. The number of carbonyl (C=O) groups excluding carboxylic acids is 1. The zero-order valence-corrected chi connectivity index (χ0v) is 20.0. The zero-order chi connectivity index (χ0) is 24.0. The third-order valence-electron chi connectivity index (χ3n) is 6.77. The van der Waals surface area contributed by atoms with Gasteiger partial charge in [0.2, 0.25) is 0 Å². The molecule has 1 fully saturated rings. The number of nitrogens with zero attached hydrogens (tertiary/aromatic N) is 4. The van der Waals surface area contributed by atoms with Crippen molar-refractivity contribution < 1.29 is 9.53 Å². The summed E-state index contributed by atoms with van der Waals surface area (Å²) < 4.78 is 6.88. The van der Waals surface area contributed by atoms with Crippen molar-refractivity contribution in [3.63, 3.8) is 0 Å². The second kappa shape index (κ2) is 10.6. The second-order valence-corrected chi connectivity index (χ2v) is 8.98. The topological polar surface area (TPSA) is 60.2 Å². The molecule has 1 atom stereocenters. The maximum atomic E-state index is 13.3. The minimum Gasteiger partial charge on any atom is -0.496 e. The van der Waals surface area contributed by atoms with Crippen molar-refractivity contribution in [2.45, 2.75) is 38.1 Å². The van der Waals surface area contributed by atoms with Crippen LogP contribution in [0, 0.1) is 0 Å². The molecule has 5 rings (SSSR count). The molecule has 6 heteroatoms. The van der Waals surface area contributed by atoms with Crippen LogP contribution in [0.15, 0.2) is 85.1 Å². The minimum atomic E-state index is -0.0906. The van der Waals surface area contributed by atoms with Crippen LogP contribution in [0.4, 0.5) is 4.79 Å². The molecule has 2 heterocycles. The van der Waals surface area contributed by atoms with Crippen LogP contribution in [0.1, 0.15) is 31.2 Å². The number of hydrogen-bond donors (Lipinski definition) is 0. The van der Waals surface area contributed by atoms with Crippen LogP contribution >= 0.6 is 0 Å². The molecule has 35 heavy (non-hydrogen) atoms. The molecule has 1 amide bonds. The highest BCUT2D eigenvalue weighted by Gasteiger charge is 2.28. The van der Waals surface area contributed by atoms with Gasteiger partial charge >= 0.3 is 6.03 Å². The summed E-state index contributed by atoms with van der Waals surface area (Å²) in [5.74, 6) is 0.833. The van der Waals surface area contributed by atoms with E-state index in [1.807, 2.05) is 59.5 Å².